The molecule has 0 radical (unpaired) electrons. The summed E-state index contributed by atoms with van der Waals surface area (Å²) in [5, 5.41) is 21.0. The number of nitriles is 2. The molecule has 0 fully saturated rings. The molecule has 178 valence electrons. The molecule has 0 spiro atoms. The molecule has 0 aliphatic rings. The summed E-state index contributed by atoms with van der Waals surface area (Å²) in [7, 11) is 0. The van der Waals surface area contributed by atoms with Gasteiger partial charge in [-0.25, -0.2) is 13.8 Å². The number of nitrogens with one attached hydrogen (secondary N) is 1. The summed E-state index contributed by atoms with van der Waals surface area (Å²) in [6, 6.07) is 21.6. The van der Waals surface area contributed by atoms with E-state index in [-0.39, 0.29) is 11.6 Å². The van der Waals surface area contributed by atoms with Gasteiger partial charge in [-0.2, -0.15) is 15.5 Å². The highest BCUT2D eigenvalue weighted by Crippen LogP contribution is 2.34. The fourth-order valence-corrected chi connectivity index (χ4v) is 3.70. The summed E-state index contributed by atoms with van der Waals surface area (Å²) in [5.41, 5.74) is 2.46. The third kappa shape index (κ3) is 5.45. The molecule has 0 aliphatic carbocycles. The monoisotopic (exact) mass is 480 g/mol. The highest BCUT2D eigenvalue weighted by atomic mass is 19.1. The second-order valence-electron chi connectivity index (χ2n) is 8.04. The van der Waals surface area contributed by atoms with E-state index < -0.39 is 11.6 Å². The average Bonchev–Trinajstić information content (AvgIpc) is 2.90. The van der Waals surface area contributed by atoms with Gasteiger partial charge in [0.1, 0.15) is 11.5 Å². The number of benzene rings is 3. The Bertz CT molecular complexity index is 1410. The zero-order chi connectivity index (χ0) is 25.5. The van der Waals surface area contributed by atoms with Gasteiger partial charge in [-0.15, -0.1) is 0 Å². The van der Waals surface area contributed by atoms with Gasteiger partial charge in [-0.3, -0.25) is 0 Å². The molecule has 1 N–H and O–H groups in total. The van der Waals surface area contributed by atoms with Crippen molar-refractivity contribution in [2.75, 3.05) is 16.8 Å². The van der Waals surface area contributed by atoms with Crippen molar-refractivity contribution in [3.05, 3.63) is 95.7 Å². The molecule has 1 heterocycles. The maximum atomic E-state index is 15.4. The summed E-state index contributed by atoms with van der Waals surface area (Å²) in [6.45, 7) is 2.35. The van der Waals surface area contributed by atoms with E-state index in [9.17, 15) is 0 Å². The predicted octanol–water partition coefficient (Wildman–Crippen LogP) is 6.85. The minimum atomic E-state index is -0.717. The Labute approximate surface area is 208 Å². The summed E-state index contributed by atoms with van der Waals surface area (Å²) in [6.07, 6.45) is 3.04. The molecule has 1 aromatic heterocycles. The van der Waals surface area contributed by atoms with Crippen molar-refractivity contribution in [3.63, 3.8) is 0 Å². The molecule has 0 saturated carbocycles. The number of anilines is 4. The summed E-state index contributed by atoms with van der Waals surface area (Å²) in [4.78, 5) is 10.2. The van der Waals surface area contributed by atoms with Crippen LogP contribution in [0.25, 0.3) is 11.1 Å². The van der Waals surface area contributed by atoms with Crippen LogP contribution >= 0.6 is 0 Å². The van der Waals surface area contributed by atoms with Gasteiger partial charge in [-0.1, -0.05) is 25.5 Å². The Balaban J connectivity index is 1.68. The smallest absolute Gasteiger partial charge is 0.229 e. The fourth-order valence-electron chi connectivity index (χ4n) is 3.70. The van der Waals surface area contributed by atoms with Gasteiger partial charge >= 0.3 is 0 Å². The van der Waals surface area contributed by atoms with Crippen LogP contribution in [-0.4, -0.2) is 16.5 Å². The van der Waals surface area contributed by atoms with Crippen molar-refractivity contribution in [3.8, 4) is 23.3 Å². The Morgan fingerprint density at radius 1 is 0.861 bits per heavy atom. The van der Waals surface area contributed by atoms with E-state index in [0.29, 0.717) is 46.7 Å². The number of halogens is 2. The minimum Gasteiger partial charge on any atom is -0.324 e. The Kier molecular flexibility index (Phi) is 7.48. The van der Waals surface area contributed by atoms with Crippen molar-refractivity contribution in [2.24, 2.45) is 0 Å². The van der Waals surface area contributed by atoms with Gasteiger partial charge < -0.3 is 10.2 Å². The quantitative estimate of drug-likeness (QED) is 0.297. The van der Waals surface area contributed by atoms with E-state index >= 15 is 8.78 Å². The first kappa shape index (κ1) is 24.3. The van der Waals surface area contributed by atoms with Gasteiger partial charge in [-0.05, 0) is 72.1 Å². The molecule has 8 heteroatoms. The highest BCUT2D eigenvalue weighted by Gasteiger charge is 2.21. The van der Waals surface area contributed by atoms with E-state index in [4.69, 9.17) is 10.5 Å². The van der Waals surface area contributed by atoms with Crippen LogP contribution in [0.15, 0.2) is 72.9 Å². The van der Waals surface area contributed by atoms with Crippen LogP contribution in [0, 0.1) is 34.3 Å². The standard InChI is InChI=1S/C28H22F2N6/c1-2-3-14-36(26-12-13-33-28(35-26)34-23-10-6-20(18-32)7-11-23)27-24(29)15-22(16-25(27)30)21-8-4-19(17-31)5-9-21/h4-13,15-16H,2-3,14H2,1H3,(H,33,34,35). The Morgan fingerprint density at radius 2 is 1.47 bits per heavy atom. The molecule has 0 saturated heterocycles. The van der Waals surface area contributed by atoms with Crippen LogP contribution in [0.1, 0.15) is 30.9 Å². The average molecular weight is 481 g/mol. The van der Waals surface area contributed by atoms with Crippen molar-refractivity contribution in [1.29, 1.82) is 10.5 Å². The maximum Gasteiger partial charge on any atom is 0.229 e. The van der Waals surface area contributed by atoms with Crippen LogP contribution in [0.2, 0.25) is 0 Å². The first-order chi connectivity index (χ1) is 17.5. The lowest BCUT2D eigenvalue weighted by Gasteiger charge is -2.25. The lowest BCUT2D eigenvalue weighted by atomic mass is 10.0. The van der Waals surface area contributed by atoms with Crippen LogP contribution in [0.3, 0.4) is 0 Å². The lowest BCUT2D eigenvalue weighted by Crippen LogP contribution is -2.22. The Morgan fingerprint density at radius 3 is 2.06 bits per heavy atom. The van der Waals surface area contributed by atoms with Crippen LogP contribution in [-0.2, 0) is 0 Å². The predicted molar refractivity (Wildman–Crippen MR) is 135 cm³/mol. The molecule has 4 aromatic rings. The maximum absolute atomic E-state index is 15.4. The lowest BCUT2D eigenvalue weighted by molar-refractivity contribution is 0.578. The Hall–Kier alpha value is -4.82. The third-order valence-electron chi connectivity index (χ3n) is 5.56. The second kappa shape index (κ2) is 11.1. The molecule has 4 rings (SSSR count). The molecule has 6 nitrogen and oxygen atoms in total. The van der Waals surface area contributed by atoms with E-state index in [2.05, 4.69) is 21.4 Å². The number of nitrogens with zero attached hydrogens (tertiary/aromatic N) is 5. The van der Waals surface area contributed by atoms with Gasteiger partial charge in [0.15, 0.2) is 11.6 Å². The normalized spacial score (nSPS) is 10.4. The summed E-state index contributed by atoms with van der Waals surface area (Å²) < 4.78 is 30.8. The van der Waals surface area contributed by atoms with E-state index in [1.807, 2.05) is 13.0 Å². The van der Waals surface area contributed by atoms with Crippen molar-refractivity contribution in [1.82, 2.24) is 9.97 Å². The van der Waals surface area contributed by atoms with Gasteiger partial charge in [0, 0.05) is 18.4 Å². The highest BCUT2D eigenvalue weighted by molar-refractivity contribution is 5.71. The number of aromatic nitrogens is 2. The SMILES string of the molecule is CCCCN(c1ccnc(Nc2ccc(C#N)cc2)n1)c1c(F)cc(-c2ccc(C#N)cc2)cc1F. The molecule has 3 aromatic carbocycles. The number of hydrogen-bond donors (Lipinski definition) is 1. The summed E-state index contributed by atoms with van der Waals surface area (Å²) >= 11 is 0. The minimum absolute atomic E-state index is 0.191. The van der Waals surface area contributed by atoms with Crippen LogP contribution in [0.5, 0.6) is 0 Å². The van der Waals surface area contributed by atoms with E-state index in [1.165, 1.54) is 23.2 Å². The zero-order valence-corrected chi connectivity index (χ0v) is 19.5. The van der Waals surface area contributed by atoms with Gasteiger partial charge in [0.2, 0.25) is 5.95 Å². The number of rotatable bonds is 8. The van der Waals surface area contributed by atoms with E-state index in [1.54, 1.807) is 54.6 Å². The number of unbranched alkanes of at least 4 members (excludes halogenated alkanes) is 1. The van der Waals surface area contributed by atoms with Crippen molar-refractivity contribution in [2.45, 2.75) is 19.8 Å². The summed E-state index contributed by atoms with van der Waals surface area (Å²) in [5.74, 6) is -0.830. The molecule has 0 aliphatic heterocycles. The molecule has 0 atom stereocenters. The second-order valence-corrected chi connectivity index (χ2v) is 8.04. The molecular weight excluding hydrogens is 458 g/mol. The first-order valence-corrected chi connectivity index (χ1v) is 11.4. The molecule has 0 bridgehead atoms. The van der Waals surface area contributed by atoms with Gasteiger partial charge in [0.05, 0.1) is 23.3 Å². The van der Waals surface area contributed by atoms with E-state index in [0.717, 1.165) is 6.42 Å². The molecular formula is C28H22F2N6. The molecule has 0 unspecified atom stereocenters. The van der Waals surface area contributed by atoms with Crippen molar-refractivity contribution < 1.29 is 8.78 Å². The number of hydrogen-bond acceptors (Lipinski definition) is 6. The van der Waals surface area contributed by atoms with Crippen LogP contribution in [0.4, 0.5) is 31.9 Å². The zero-order valence-electron chi connectivity index (χ0n) is 19.5. The fraction of sp³-hybridized carbons (Fsp3) is 0.143. The largest absolute Gasteiger partial charge is 0.324 e. The molecule has 36 heavy (non-hydrogen) atoms. The van der Waals surface area contributed by atoms with Crippen LogP contribution < -0.4 is 10.2 Å². The van der Waals surface area contributed by atoms with Gasteiger partial charge in [0.25, 0.3) is 0 Å². The molecule has 0 amide bonds. The van der Waals surface area contributed by atoms with Crippen molar-refractivity contribution >= 4 is 23.1 Å². The first-order valence-electron chi connectivity index (χ1n) is 11.4. The third-order valence-corrected chi connectivity index (χ3v) is 5.56. The topological polar surface area (TPSA) is 88.6 Å².